The highest BCUT2D eigenvalue weighted by Gasteiger charge is 2.35. The van der Waals surface area contributed by atoms with E-state index >= 15 is 0 Å². The standard InChI is InChI=1S/C22H27N5O4/c1-25-20-17(13-24-25)21(29)27(15-23-20)14-22(30)8-10-26(11-9-22)19(28)12-18(31-2)16-6-4-3-5-7-16/h3-7,13,15,18,30H,8-12,14H2,1-2H3/t18-/m1/s1. The Labute approximate surface area is 179 Å². The number of fused-ring (bicyclic) bond motifs is 1. The molecule has 3 aromatic rings. The van der Waals surface area contributed by atoms with E-state index in [0.29, 0.717) is 37.0 Å². The number of amides is 1. The summed E-state index contributed by atoms with van der Waals surface area (Å²) in [7, 11) is 3.33. The van der Waals surface area contributed by atoms with Crippen LogP contribution in [0.4, 0.5) is 0 Å². The Hall–Kier alpha value is -3.04. The zero-order valence-corrected chi connectivity index (χ0v) is 17.8. The smallest absolute Gasteiger partial charge is 0.264 e. The molecule has 1 N–H and O–H groups in total. The van der Waals surface area contributed by atoms with Crippen molar-refractivity contribution < 1.29 is 14.6 Å². The Kier molecular flexibility index (Phi) is 5.88. The van der Waals surface area contributed by atoms with Crippen molar-refractivity contribution in [2.75, 3.05) is 20.2 Å². The number of likely N-dealkylation sites (tertiary alicyclic amines) is 1. The molecule has 0 radical (unpaired) electrons. The van der Waals surface area contributed by atoms with Gasteiger partial charge < -0.3 is 14.7 Å². The number of aryl methyl sites for hydroxylation is 1. The molecule has 1 aliphatic heterocycles. The number of methoxy groups -OCH3 is 1. The molecule has 0 unspecified atom stereocenters. The molecular formula is C22H27N5O4. The summed E-state index contributed by atoms with van der Waals surface area (Å²) >= 11 is 0. The van der Waals surface area contributed by atoms with E-state index in [1.165, 1.54) is 17.1 Å². The molecule has 31 heavy (non-hydrogen) atoms. The molecule has 1 fully saturated rings. The van der Waals surface area contributed by atoms with E-state index in [0.717, 1.165) is 5.56 Å². The van der Waals surface area contributed by atoms with Crippen LogP contribution in [0.15, 0.2) is 47.7 Å². The van der Waals surface area contributed by atoms with Crippen molar-refractivity contribution >= 4 is 16.9 Å². The molecule has 1 saturated heterocycles. The minimum absolute atomic E-state index is 0.00614. The van der Waals surface area contributed by atoms with Crippen molar-refractivity contribution in [3.63, 3.8) is 0 Å². The number of piperidine rings is 1. The molecule has 1 atom stereocenters. The highest BCUT2D eigenvalue weighted by atomic mass is 16.5. The molecule has 0 saturated carbocycles. The minimum atomic E-state index is -1.07. The highest BCUT2D eigenvalue weighted by Crippen LogP contribution is 2.27. The summed E-state index contributed by atoms with van der Waals surface area (Å²) in [6.07, 6.45) is 3.67. The second kappa shape index (κ2) is 8.60. The molecule has 0 aliphatic carbocycles. The third-order valence-electron chi connectivity index (χ3n) is 6.05. The van der Waals surface area contributed by atoms with Gasteiger partial charge in [0.2, 0.25) is 5.91 Å². The molecule has 0 bridgehead atoms. The third kappa shape index (κ3) is 4.38. The van der Waals surface area contributed by atoms with Crippen LogP contribution in [0.5, 0.6) is 0 Å². The summed E-state index contributed by atoms with van der Waals surface area (Å²) in [5.41, 5.74) is 0.179. The molecule has 3 heterocycles. The first-order valence-electron chi connectivity index (χ1n) is 10.4. The maximum absolute atomic E-state index is 12.8. The Morgan fingerprint density at radius 3 is 2.65 bits per heavy atom. The van der Waals surface area contributed by atoms with Gasteiger partial charge in [0, 0.05) is 27.2 Å². The van der Waals surface area contributed by atoms with E-state index in [-0.39, 0.29) is 30.5 Å². The van der Waals surface area contributed by atoms with Crippen molar-refractivity contribution in [2.45, 2.75) is 37.5 Å². The summed E-state index contributed by atoms with van der Waals surface area (Å²) in [5.74, 6) is -0.00614. The molecular weight excluding hydrogens is 398 g/mol. The van der Waals surface area contributed by atoms with E-state index in [1.54, 1.807) is 23.7 Å². The number of aromatic nitrogens is 4. The van der Waals surface area contributed by atoms with Gasteiger partial charge in [-0.15, -0.1) is 0 Å². The zero-order valence-electron chi connectivity index (χ0n) is 17.8. The van der Waals surface area contributed by atoms with Crippen molar-refractivity contribution in [2.24, 2.45) is 7.05 Å². The summed E-state index contributed by atoms with van der Waals surface area (Å²) in [4.78, 5) is 31.5. The van der Waals surface area contributed by atoms with Crippen LogP contribution in [0.25, 0.3) is 11.0 Å². The quantitative estimate of drug-likeness (QED) is 0.638. The van der Waals surface area contributed by atoms with E-state index in [9.17, 15) is 14.7 Å². The lowest BCUT2D eigenvalue weighted by Crippen LogP contribution is -2.49. The summed E-state index contributed by atoms with van der Waals surface area (Å²) in [6.45, 7) is 0.992. The normalized spacial score (nSPS) is 17.1. The van der Waals surface area contributed by atoms with Crippen LogP contribution in [0, 0.1) is 0 Å². The second-order valence-electron chi connectivity index (χ2n) is 8.13. The summed E-state index contributed by atoms with van der Waals surface area (Å²) in [6, 6.07) is 9.66. The molecule has 4 rings (SSSR count). The van der Waals surface area contributed by atoms with Gasteiger partial charge in [0.1, 0.15) is 11.7 Å². The SMILES string of the molecule is CO[C@H](CC(=O)N1CCC(O)(Cn2cnc3c(cnn3C)c2=O)CC1)c1ccccc1. The molecule has 9 nitrogen and oxygen atoms in total. The van der Waals surface area contributed by atoms with Gasteiger partial charge in [-0.1, -0.05) is 30.3 Å². The van der Waals surface area contributed by atoms with Crippen LogP contribution < -0.4 is 5.56 Å². The maximum atomic E-state index is 12.8. The fraction of sp³-hybridized carbons (Fsp3) is 0.455. The number of nitrogens with zero attached hydrogens (tertiary/aromatic N) is 5. The first-order chi connectivity index (χ1) is 14.9. The predicted molar refractivity (Wildman–Crippen MR) is 114 cm³/mol. The van der Waals surface area contributed by atoms with Gasteiger partial charge in [0.05, 0.1) is 30.9 Å². The number of ether oxygens (including phenoxy) is 1. The van der Waals surface area contributed by atoms with Gasteiger partial charge in [-0.25, -0.2) is 4.98 Å². The van der Waals surface area contributed by atoms with Crippen LogP contribution in [-0.4, -0.2) is 61.0 Å². The number of rotatable bonds is 6. The zero-order chi connectivity index (χ0) is 22.0. The average molecular weight is 425 g/mol. The molecule has 1 aliphatic rings. The van der Waals surface area contributed by atoms with Gasteiger partial charge in [-0.2, -0.15) is 5.10 Å². The van der Waals surface area contributed by atoms with E-state index in [2.05, 4.69) is 10.1 Å². The molecule has 164 valence electrons. The minimum Gasteiger partial charge on any atom is -0.388 e. The van der Waals surface area contributed by atoms with Crippen LogP contribution in [-0.2, 0) is 23.1 Å². The summed E-state index contributed by atoms with van der Waals surface area (Å²) in [5, 5.41) is 15.6. The molecule has 1 aromatic carbocycles. The molecule has 1 amide bonds. The second-order valence-corrected chi connectivity index (χ2v) is 8.13. The van der Waals surface area contributed by atoms with Crippen molar-refractivity contribution in [3.05, 3.63) is 58.8 Å². The Balaban J connectivity index is 1.39. The topological polar surface area (TPSA) is 102 Å². The molecule has 9 heteroatoms. The molecule has 2 aromatic heterocycles. The van der Waals surface area contributed by atoms with Crippen molar-refractivity contribution in [3.8, 4) is 0 Å². The number of hydrogen-bond donors (Lipinski definition) is 1. The average Bonchev–Trinajstić information content (AvgIpc) is 3.16. The van der Waals surface area contributed by atoms with Gasteiger partial charge in [-0.3, -0.25) is 18.8 Å². The number of aliphatic hydroxyl groups is 1. The van der Waals surface area contributed by atoms with Crippen LogP contribution in [0.3, 0.4) is 0 Å². The predicted octanol–water partition coefficient (Wildman–Crippen LogP) is 1.26. The van der Waals surface area contributed by atoms with Gasteiger partial charge >= 0.3 is 0 Å². The van der Waals surface area contributed by atoms with E-state index in [1.807, 2.05) is 30.3 Å². The number of benzene rings is 1. The fourth-order valence-corrected chi connectivity index (χ4v) is 4.12. The van der Waals surface area contributed by atoms with Gasteiger partial charge in [0.25, 0.3) is 5.56 Å². The molecule has 0 spiro atoms. The van der Waals surface area contributed by atoms with E-state index in [4.69, 9.17) is 4.74 Å². The Morgan fingerprint density at radius 1 is 1.26 bits per heavy atom. The number of carbonyl (C=O) groups is 1. The lowest BCUT2D eigenvalue weighted by Gasteiger charge is -2.38. The van der Waals surface area contributed by atoms with Gasteiger partial charge in [0.15, 0.2) is 5.65 Å². The largest absolute Gasteiger partial charge is 0.388 e. The van der Waals surface area contributed by atoms with Crippen LogP contribution in [0.1, 0.15) is 30.9 Å². The Morgan fingerprint density at radius 2 is 1.97 bits per heavy atom. The number of hydrogen-bond acceptors (Lipinski definition) is 6. The number of carbonyl (C=O) groups excluding carboxylic acids is 1. The van der Waals surface area contributed by atoms with Crippen molar-refractivity contribution in [1.29, 1.82) is 0 Å². The fourth-order valence-electron chi connectivity index (χ4n) is 4.12. The van der Waals surface area contributed by atoms with Crippen LogP contribution >= 0.6 is 0 Å². The third-order valence-corrected chi connectivity index (χ3v) is 6.05. The monoisotopic (exact) mass is 425 g/mol. The maximum Gasteiger partial charge on any atom is 0.264 e. The highest BCUT2D eigenvalue weighted by molar-refractivity contribution is 5.77. The first-order valence-corrected chi connectivity index (χ1v) is 10.4. The van der Waals surface area contributed by atoms with E-state index < -0.39 is 5.60 Å². The lowest BCUT2D eigenvalue weighted by molar-refractivity contribution is -0.138. The Bertz CT molecular complexity index is 1120. The van der Waals surface area contributed by atoms with Gasteiger partial charge in [-0.05, 0) is 18.4 Å². The van der Waals surface area contributed by atoms with Crippen LogP contribution in [0.2, 0.25) is 0 Å². The lowest BCUT2D eigenvalue weighted by atomic mass is 9.91. The summed E-state index contributed by atoms with van der Waals surface area (Å²) < 4.78 is 8.49. The van der Waals surface area contributed by atoms with Crippen molar-refractivity contribution in [1.82, 2.24) is 24.2 Å². The first kappa shape index (κ1) is 21.2.